The summed E-state index contributed by atoms with van der Waals surface area (Å²) in [7, 11) is 0. The molecule has 0 aliphatic rings. The fourth-order valence-electron chi connectivity index (χ4n) is 2.13. The van der Waals surface area contributed by atoms with Crippen LogP contribution in [-0.4, -0.2) is 23.4 Å². The summed E-state index contributed by atoms with van der Waals surface area (Å²) in [6, 6.07) is 12.8. The molecule has 0 aliphatic heterocycles. The predicted molar refractivity (Wildman–Crippen MR) is 96.7 cm³/mol. The van der Waals surface area contributed by atoms with Crippen LogP contribution in [0.4, 0.5) is 14.9 Å². The van der Waals surface area contributed by atoms with Crippen LogP contribution in [0.3, 0.4) is 0 Å². The lowest BCUT2D eigenvalue weighted by Gasteiger charge is -2.13. The van der Waals surface area contributed by atoms with Gasteiger partial charge in [0.25, 0.3) is 0 Å². The predicted octanol–water partition coefficient (Wildman–Crippen LogP) is 3.93. The molecule has 0 saturated heterocycles. The SMILES string of the molecule is CCSCc1cccc(NC(=O)NCC(O)c2ccc(F)cc2)c1. The maximum absolute atomic E-state index is 12.9. The Balaban J connectivity index is 1.83. The number of urea groups is 1. The number of aliphatic hydroxyl groups excluding tert-OH is 1. The first-order valence-electron chi connectivity index (χ1n) is 7.73. The Morgan fingerprint density at radius 3 is 2.71 bits per heavy atom. The van der Waals surface area contributed by atoms with Crippen molar-refractivity contribution in [2.75, 3.05) is 17.6 Å². The number of amides is 2. The van der Waals surface area contributed by atoms with Gasteiger partial charge in [-0.3, -0.25) is 0 Å². The molecule has 0 bridgehead atoms. The number of hydrogen-bond donors (Lipinski definition) is 3. The molecule has 1 unspecified atom stereocenters. The number of hydrogen-bond acceptors (Lipinski definition) is 3. The van der Waals surface area contributed by atoms with Gasteiger partial charge in [-0.15, -0.1) is 0 Å². The second kappa shape index (κ2) is 9.30. The molecule has 6 heteroatoms. The van der Waals surface area contributed by atoms with Crippen LogP contribution in [0.15, 0.2) is 48.5 Å². The maximum Gasteiger partial charge on any atom is 0.319 e. The van der Waals surface area contributed by atoms with Gasteiger partial charge in [-0.25, -0.2) is 9.18 Å². The number of carbonyl (C=O) groups excluding carboxylic acids is 1. The van der Waals surface area contributed by atoms with Crippen molar-refractivity contribution in [1.82, 2.24) is 5.32 Å². The van der Waals surface area contributed by atoms with E-state index >= 15 is 0 Å². The van der Waals surface area contributed by atoms with E-state index in [-0.39, 0.29) is 12.4 Å². The normalized spacial score (nSPS) is 11.8. The Kier molecular flexibility index (Phi) is 7.08. The number of thioether (sulfide) groups is 1. The maximum atomic E-state index is 12.9. The minimum Gasteiger partial charge on any atom is -0.387 e. The Morgan fingerprint density at radius 1 is 1.25 bits per heavy atom. The summed E-state index contributed by atoms with van der Waals surface area (Å²) >= 11 is 1.81. The Morgan fingerprint density at radius 2 is 2.00 bits per heavy atom. The average molecular weight is 348 g/mol. The van der Waals surface area contributed by atoms with Crippen LogP contribution < -0.4 is 10.6 Å². The number of rotatable bonds is 7. The Labute approximate surface area is 145 Å². The number of aliphatic hydroxyl groups is 1. The number of halogens is 1. The van der Waals surface area contributed by atoms with Gasteiger partial charge in [0.05, 0.1) is 6.10 Å². The minimum absolute atomic E-state index is 0.0445. The highest BCUT2D eigenvalue weighted by Crippen LogP contribution is 2.16. The molecule has 0 aromatic heterocycles. The average Bonchev–Trinajstić information content (AvgIpc) is 2.59. The number of nitrogens with one attached hydrogen (secondary N) is 2. The molecule has 2 aromatic rings. The van der Waals surface area contributed by atoms with Crippen LogP contribution in [0.25, 0.3) is 0 Å². The van der Waals surface area contributed by atoms with Gasteiger partial charge in [-0.05, 0) is 41.1 Å². The number of carbonyl (C=O) groups is 1. The third-order valence-electron chi connectivity index (χ3n) is 3.37. The molecule has 3 N–H and O–H groups in total. The van der Waals surface area contributed by atoms with Crippen molar-refractivity contribution in [3.8, 4) is 0 Å². The second-order valence-corrected chi connectivity index (χ2v) is 6.51. The van der Waals surface area contributed by atoms with Crippen molar-refractivity contribution in [3.05, 3.63) is 65.5 Å². The first-order valence-corrected chi connectivity index (χ1v) is 8.89. The fraction of sp³-hybridized carbons (Fsp3) is 0.278. The summed E-state index contributed by atoms with van der Waals surface area (Å²) in [5.41, 5.74) is 2.40. The fourth-order valence-corrected chi connectivity index (χ4v) is 2.75. The molecule has 2 amide bonds. The highest BCUT2D eigenvalue weighted by Gasteiger charge is 2.10. The summed E-state index contributed by atoms with van der Waals surface area (Å²) in [4.78, 5) is 11.9. The van der Waals surface area contributed by atoms with Crippen molar-refractivity contribution in [2.24, 2.45) is 0 Å². The van der Waals surface area contributed by atoms with Gasteiger partial charge in [-0.1, -0.05) is 31.2 Å². The zero-order valence-corrected chi connectivity index (χ0v) is 14.3. The van der Waals surface area contributed by atoms with Crippen molar-refractivity contribution in [2.45, 2.75) is 18.8 Å². The van der Waals surface area contributed by atoms with Gasteiger partial charge in [0.15, 0.2) is 0 Å². The number of benzene rings is 2. The van der Waals surface area contributed by atoms with Crippen LogP contribution in [0.5, 0.6) is 0 Å². The topological polar surface area (TPSA) is 61.4 Å². The molecule has 1 atom stereocenters. The van der Waals surface area contributed by atoms with E-state index in [4.69, 9.17) is 0 Å². The Hall–Kier alpha value is -2.05. The van der Waals surface area contributed by atoms with Crippen LogP contribution in [0.2, 0.25) is 0 Å². The lowest BCUT2D eigenvalue weighted by Crippen LogP contribution is -2.32. The first-order chi connectivity index (χ1) is 11.6. The molecule has 0 radical (unpaired) electrons. The molecule has 0 aliphatic carbocycles. The van der Waals surface area contributed by atoms with Crippen molar-refractivity contribution in [1.29, 1.82) is 0 Å². The van der Waals surface area contributed by atoms with Gasteiger partial charge in [0, 0.05) is 18.0 Å². The van der Waals surface area contributed by atoms with Crippen LogP contribution in [-0.2, 0) is 5.75 Å². The van der Waals surface area contributed by atoms with Crippen molar-refractivity contribution < 1.29 is 14.3 Å². The van der Waals surface area contributed by atoms with E-state index in [9.17, 15) is 14.3 Å². The summed E-state index contributed by atoms with van der Waals surface area (Å²) in [5, 5.41) is 15.4. The Bertz CT molecular complexity index is 664. The second-order valence-electron chi connectivity index (χ2n) is 5.24. The standard InChI is InChI=1S/C18H21FN2O2S/c1-2-24-12-13-4-3-5-16(10-13)21-18(23)20-11-17(22)14-6-8-15(19)9-7-14/h3-10,17,22H,2,11-12H2,1H3,(H2,20,21,23). The molecule has 0 spiro atoms. The number of anilines is 1. The molecule has 0 heterocycles. The molecule has 4 nitrogen and oxygen atoms in total. The molecule has 2 rings (SSSR count). The van der Waals surface area contributed by atoms with Gasteiger partial charge in [-0.2, -0.15) is 11.8 Å². The van der Waals surface area contributed by atoms with Crippen molar-refractivity contribution in [3.63, 3.8) is 0 Å². The van der Waals surface area contributed by atoms with Gasteiger partial charge < -0.3 is 15.7 Å². The molecule has 24 heavy (non-hydrogen) atoms. The van der Waals surface area contributed by atoms with Crippen LogP contribution >= 0.6 is 11.8 Å². The van der Waals surface area contributed by atoms with Crippen molar-refractivity contribution >= 4 is 23.5 Å². The summed E-state index contributed by atoms with van der Waals surface area (Å²) in [6.07, 6.45) is -0.886. The quantitative estimate of drug-likeness (QED) is 0.710. The summed E-state index contributed by atoms with van der Waals surface area (Å²) in [5.74, 6) is 1.58. The van der Waals surface area contributed by atoms with E-state index in [0.717, 1.165) is 17.1 Å². The van der Waals surface area contributed by atoms with E-state index in [1.165, 1.54) is 24.3 Å². The van der Waals surface area contributed by atoms with E-state index in [2.05, 4.69) is 17.6 Å². The summed E-state index contributed by atoms with van der Waals surface area (Å²) < 4.78 is 12.9. The largest absolute Gasteiger partial charge is 0.387 e. The first kappa shape index (κ1) is 18.3. The zero-order valence-electron chi connectivity index (χ0n) is 13.5. The smallest absolute Gasteiger partial charge is 0.319 e. The van der Waals surface area contributed by atoms with Gasteiger partial charge in [0.1, 0.15) is 5.82 Å². The minimum atomic E-state index is -0.886. The van der Waals surface area contributed by atoms with E-state index in [1.54, 1.807) is 0 Å². The van der Waals surface area contributed by atoms with E-state index < -0.39 is 12.1 Å². The highest BCUT2D eigenvalue weighted by atomic mass is 32.2. The third-order valence-corrected chi connectivity index (χ3v) is 4.31. The molecule has 128 valence electrons. The van der Waals surface area contributed by atoms with E-state index in [1.807, 2.05) is 36.0 Å². The van der Waals surface area contributed by atoms with Gasteiger partial charge >= 0.3 is 6.03 Å². The summed E-state index contributed by atoms with van der Waals surface area (Å²) in [6.45, 7) is 2.15. The third kappa shape index (κ3) is 5.86. The van der Waals surface area contributed by atoms with E-state index in [0.29, 0.717) is 11.3 Å². The molecular formula is C18H21FN2O2S. The zero-order chi connectivity index (χ0) is 17.4. The molecule has 2 aromatic carbocycles. The van der Waals surface area contributed by atoms with Crippen LogP contribution in [0, 0.1) is 5.82 Å². The highest BCUT2D eigenvalue weighted by molar-refractivity contribution is 7.98. The van der Waals surface area contributed by atoms with Crippen LogP contribution in [0.1, 0.15) is 24.2 Å². The molecule has 0 saturated carbocycles. The monoisotopic (exact) mass is 348 g/mol. The lowest BCUT2D eigenvalue weighted by atomic mass is 10.1. The molecular weight excluding hydrogens is 327 g/mol. The molecule has 0 fully saturated rings. The lowest BCUT2D eigenvalue weighted by molar-refractivity contribution is 0.175. The van der Waals surface area contributed by atoms with Gasteiger partial charge in [0.2, 0.25) is 0 Å².